The Hall–Kier alpha value is -3.10. The third-order valence-electron chi connectivity index (χ3n) is 3.44. The maximum absolute atomic E-state index is 8.63. The van der Waals surface area contributed by atoms with Crippen LogP contribution in [0.5, 0.6) is 5.75 Å². The van der Waals surface area contributed by atoms with Crippen LogP contribution in [0.2, 0.25) is 0 Å². The monoisotopic (exact) mass is 330 g/mol. The number of hydrogen-bond donors (Lipinski definition) is 2. The van der Waals surface area contributed by atoms with Gasteiger partial charge in [0.1, 0.15) is 5.75 Å². The second-order valence-corrected chi connectivity index (χ2v) is 5.33. The SMILES string of the molecule is OCc1ccccc1.Oc1ccccc1.c1ccc2ccccc2c1. The van der Waals surface area contributed by atoms with Crippen LogP contribution in [0.3, 0.4) is 0 Å². The number of rotatable bonds is 1. The lowest BCUT2D eigenvalue weighted by Gasteiger charge is -1.92. The van der Waals surface area contributed by atoms with E-state index in [1.165, 1.54) is 10.8 Å². The van der Waals surface area contributed by atoms with E-state index < -0.39 is 0 Å². The minimum absolute atomic E-state index is 0.140. The molecule has 25 heavy (non-hydrogen) atoms. The van der Waals surface area contributed by atoms with Gasteiger partial charge in [-0.2, -0.15) is 0 Å². The predicted molar refractivity (Wildman–Crippen MR) is 104 cm³/mol. The molecule has 2 N–H and O–H groups in total. The fourth-order valence-corrected chi connectivity index (χ4v) is 2.14. The molecule has 0 unspecified atom stereocenters. The van der Waals surface area contributed by atoms with E-state index in [4.69, 9.17) is 10.2 Å². The van der Waals surface area contributed by atoms with Crippen LogP contribution in [0.25, 0.3) is 10.8 Å². The molecule has 0 atom stereocenters. The zero-order chi connectivity index (χ0) is 17.7. The van der Waals surface area contributed by atoms with Gasteiger partial charge in [-0.15, -0.1) is 0 Å². The molecule has 4 aromatic rings. The van der Waals surface area contributed by atoms with Gasteiger partial charge in [-0.1, -0.05) is 97.1 Å². The van der Waals surface area contributed by atoms with Gasteiger partial charge in [0, 0.05) is 0 Å². The quantitative estimate of drug-likeness (QED) is 0.490. The van der Waals surface area contributed by atoms with Gasteiger partial charge in [-0.3, -0.25) is 0 Å². The van der Waals surface area contributed by atoms with Crippen molar-refractivity contribution in [1.82, 2.24) is 0 Å². The molecule has 0 saturated heterocycles. The standard InChI is InChI=1S/C10H8.C7H8O.C6H6O/c1-2-6-10-8-4-3-7-9(10)5-1;8-6-7-4-2-1-3-5-7;7-6-4-2-1-3-5-6/h1-8H;1-5,8H,6H2;1-5,7H. The molecule has 0 bridgehead atoms. The van der Waals surface area contributed by atoms with Crippen LogP contribution in [-0.2, 0) is 6.61 Å². The second kappa shape index (κ2) is 10.6. The number of phenolic OH excluding ortho intramolecular Hbond substituents is 1. The molecule has 126 valence electrons. The first-order valence-electron chi connectivity index (χ1n) is 8.12. The van der Waals surface area contributed by atoms with Crippen LogP contribution in [0.15, 0.2) is 109 Å². The van der Waals surface area contributed by atoms with Crippen molar-refractivity contribution in [2.24, 2.45) is 0 Å². The summed E-state index contributed by atoms with van der Waals surface area (Å²) in [6, 6.07) is 34.9. The van der Waals surface area contributed by atoms with Crippen molar-refractivity contribution >= 4 is 10.8 Å². The number of hydrogen-bond acceptors (Lipinski definition) is 2. The summed E-state index contributed by atoms with van der Waals surface area (Å²) in [5.41, 5.74) is 0.965. The summed E-state index contributed by atoms with van der Waals surface area (Å²) in [6.45, 7) is 0.140. The smallest absolute Gasteiger partial charge is 0.115 e. The van der Waals surface area contributed by atoms with Crippen LogP contribution < -0.4 is 0 Å². The van der Waals surface area contributed by atoms with E-state index in [1.807, 2.05) is 36.4 Å². The first-order valence-corrected chi connectivity index (χ1v) is 8.12. The summed E-state index contributed by atoms with van der Waals surface area (Å²) in [7, 11) is 0. The molecular weight excluding hydrogens is 308 g/mol. The maximum Gasteiger partial charge on any atom is 0.115 e. The summed E-state index contributed by atoms with van der Waals surface area (Å²) in [5.74, 6) is 0.322. The summed E-state index contributed by atoms with van der Waals surface area (Å²) in [5, 5.41) is 19.8. The van der Waals surface area contributed by atoms with E-state index in [0.29, 0.717) is 5.75 Å². The molecule has 0 saturated carbocycles. The third kappa shape index (κ3) is 6.90. The number of phenols is 1. The van der Waals surface area contributed by atoms with Crippen LogP contribution in [0.1, 0.15) is 5.56 Å². The van der Waals surface area contributed by atoms with E-state index in [1.54, 1.807) is 24.3 Å². The zero-order valence-corrected chi connectivity index (χ0v) is 14.0. The molecule has 2 heteroatoms. The highest BCUT2D eigenvalue weighted by atomic mass is 16.3. The van der Waals surface area contributed by atoms with E-state index >= 15 is 0 Å². The molecule has 0 spiro atoms. The van der Waals surface area contributed by atoms with Gasteiger partial charge in [0.15, 0.2) is 0 Å². The fraction of sp³-hybridized carbons (Fsp3) is 0.0435. The highest BCUT2D eigenvalue weighted by Gasteiger charge is 1.85. The van der Waals surface area contributed by atoms with Crippen molar-refractivity contribution in [3.63, 3.8) is 0 Å². The van der Waals surface area contributed by atoms with Gasteiger partial charge in [0.05, 0.1) is 6.61 Å². The van der Waals surface area contributed by atoms with Crippen LogP contribution in [0.4, 0.5) is 0 Å². The molecule has 0 fully saturated rings. The number of benzene rings is 4. The molecular formula is C23H22O2. The molecule has 0 aromatic heterocycles. The summed E-state index contributed by atoms with van der Waals surface area (Å²) in [4.78, 5) is 0. The predicted octanol–water partition coefficient (Wildman–Crippen LogP) is 5.41. The first-order chi connectivity index (χ1) is 12.3. The molecule has 0 amide bonds. The Morgan fingerprint density at radius 3 is 1.12 bits per heavy atom. The molecule has 4 rings (SSSR count). The number of para-hydroxylation sites is 1. The minimum atomic E-state index is 0.140. The number of aromatic hydroxyl groups is 1. The number of fused-ring (bicyclic) bond motifs is 1. The molecule has 2 nitrogen and oxygen atoms in total. The fourth-order valence-electron chi connectivity index (χ4n) is 2.14. The third-order valence-corrected chi connectivity index (χ3v) is 3.44. The lowest BCUT2D eigenvalue weighted by Crippen LogP contribution is -1.77. The molecule has 0 heterocycles. The lowest BCUT2D eigenvalue weighted by atomic mass is 10.1. The first kappa shape index (κ1) is 18.2. The average molecular weight is 330 g/mol. The Morgan fingerprint density at radius 1 is 0.480 bits per heavy atom. The minimum Gasteiger partial charge on any atom is -0.508 e. The molecule has 0 radical (unpaired) electrons. The van der Waals surface area contributed by atoms with E-state index in [0.717, 1.165) is 5.56 Å². The second-order valence-electron chi connectivity index (χ2n) is 5.33. The van der Waals surface area contributed by atoms with Crippen molar-refractivity contribution < 1.29 is 10.2 Å². The molecule has 0 aliphatic rings. The molecule has 0 aliphatic carbocycles. The van der Waals surface area contributed by atoms with Gasteiger partial charge in [-0.05, 0) is 28.5 Å². The molecule has 0 aliphatic heterocycles. The zero-order valence-electron chi connectivity index (χ0n) is 14.0. The van der Waals surface area contributed by atoms with Gasteiger partial charge < -0.3 is 10.2 Å². The Balaban J connectivity index is 0.000000138. The van der Waals surface area contributed by atoms with Gasteiger partial charge in [0.25, 0.3) is 0 Å². The highest BCUT2D eigenvalue weighted by Crippen LogP contribution is 2.11. The van der Waals surface area contributed by atoms with Gasteiger partial charge in [-0.25, -0.2) is 0 Å². The van der Waals surface area contributed by atoms with E-state index in [-0.39, 0.29) is 6.61 Å². The average Bonchev–Trinajstić information content (AvgIpc) is 2.70. The normalized spacial score (nSPS) is 9.32. The maximum atomic E-state index is 8.63. The van der Waals surface area contributed by atoms with E-state index in [9.17, 15) is 0 Å². The summed E-state index contributed by atoms with van der Waals surface area (Å²) in [6.07, 6.45) is 0. The van der Waals surface area contributed by atoms with Crippen molar-refractivity contribution in [1.29, 1.82) is 0 Å². The molecule has 4 aromatic carbocycles. The highest BCUT2D eigenvalue weighted by molar-refractivity contribution is 5.81. The van der Waals surface area contributed by atoms with Crippen molar-refractivity contribution in [2.45, 2.75) is 6.61 Å². The van der Waals surface area contributed by atoms with Crippen molar-refractivity contribution in [2.75, 3.05) is 0 Å². The van der Waals surface area contributed by atoms with Crippen molar-refractivity contribution in [3.8, 4) is 5.75 Å². The summed E-state index contributed by atoms with van der Waals surface area (Å²) < 4.78 is 0. The topological polar surface area (TPSA) is 40.5 Å². The number of aliphatic hydroxyl groups excluding tert-OH is 1. The Bertz CT molecular complexity index is 777. The number of aliphatic hydroxyl groups is 1. The van der Waals surface area contributed by atoms with Crippen LogP contribution in [0, 0.1) is 0 Å². The van der Waals surface area contributed by atoms with Crippen LogP contribution >= 0.6 is 0 Å². The summed E-state index contributed by atoms with van der Waals surface area (Å²) >= 11 is 0. The van der Waals surface area contributed by atoms with Crippen LogP contribution in [-0.4, -0.2) is 10.2 Å². The van der Waals surface area contributed by atoms with Gasteiger partial charge in [0.2, 0.25) is 0 Å². The van der Waals surface area contributed by atoms with Crippen molar-refractivity contribution in [3.05, 3.63) is 115 Å². The Morgan fingerprint density at radius 2 is 0.840 bits per heavy atom. The largest absolute Gasteiger partial charge is 0.508 e. The lowest BCUT2D eigenvalue weighted by molar-refractivity contribution is 0.282. The Kier molecular flexibility index (Phi) is 7.76. The Labute approximate surface area is 148 Å². The van der Waals surface area contributed by atoms with Gasteiger partial charge >= 0.3 is 0 Å². The van der Waals surface area contributed by atoms with E-state index in [2.05, 4.69) is 48.5 Å².